The van der Waals surface area contributed by atoms with Gasteiger partial charge in [-0.3, -0.25) is 0 Å². The van der Waals surface area contributed by atoms with E-state index in [1.165, 1.54) is 5.56 Å². The zero-order valence-corrected chi connectivity index (χ0v) is 12.4. The largest absolute Gasteiger partial charge is 0.412 e. The summed E-state index contributed by atoms with van der Waals surface area (Å²) in [5.74, 6) is 0.517. The summed E-state index contributed by atoms with van der Waals surface area (Å²) in [6.45, 7) is 5.33. The Bertz CT molecular complexity index is 418. The first kappa shape index (κ1) is 14.4. The fraction of sp³-hybridized carbons (Fsp3) is 0.500. The van der Waals surface area contributed by atoms with Crippen LogP contribution in [0.1, 0.15) is 32.3 Å². The second kappa shape index (κ2) is 6.97. The summed E-state index contributed by atoms with van der Waals surface area (Å²) in [6.07, 6.45) is 4.94. The van der Waals surface area contributed by atoms with Gasteiger partial charge in [-0.05, 0) is 24.3 Å². The molecule has 2 nitrogen and oxygen atoms in total. The van der Waals surface area contributed by atoms with Gasteiger partial charge in [-0.2, -0.15) is 0 Å². The van der Waals surface area contributed by atoms with Crippen molar-refractivity contribution >= 4 is 11.6 Å². The number of hydrogen-bond acceptors (Lipinski definition) is 2. The normalized spacial score (nSPS) is 21.0. The molecule has 0 saturated heterocycles. The van der Waals surface area contributed by atoms with Gasteiger partial charge in [-0.25, -0.2) is 0 Å². The molecule has 0 spiro atoms. The summed E-state index contributed by atoms with van der Waals surface area (Å²) in [4.78, 5) is 5.58. The maximum Gasteiger partial charge on any atom is 0.127 e. The van der Waals surface area contributed by atoms with E-state index in [2.05, 4.69) is 44.2 Å². The molecule has 1 aliphatic heterocycles. The monoisotopic (exact) mass is 279 g/mol. The van der Waals surface area contributed by atoms with Gasteiger partial charge in [-0.1, -0.05) is 62.2 Å². The van der Waals surface area contributed by atoms with E-state index in [4.69, 9.17) is 16.4 Å². The van der Waals surface area contributed by atoms with E-state index >= 15 is 0 Å². The third-order valence-electron chi connectivity index (χ3n) is 3.76. The molecular weight excluding hydrogens is 258 g/mol. The number of halogens is 1. The lowest BCUT2D eigenvalue weighted by atomic mass is 9.99. The molecule has 2 rings (SSSR count). The molecule has 1 heterocycles. The smallest absolute Gasteiger partial charge is 0.127 e. The van der Waals surface area contributed by atoms with E-state index in [9.17, 15) is 0 Å². The van der Waals surface area contributed by atoms with Crippen LogP contribution in [0.2, 0.25) is 0 Å². The Kier molecular flexibility index (Phi) is 5.29. The first-order valence-electron chi connectivity index (χ1n) is 7.05. The molecule has 0 radical (unpaired) electrons. The number of hydroxylamine groups is 2. The minimum Gasteiger partial charge on any atom is -0.412 e. The molecule has 2 unspecified atom stereocenters. The Labute approximate surface area is 121 Å². The van der Waals surface area contributed by atoms with Crippen molar-refractivity contribution in [3.8, 4) is 0 Å². The molecule has 2 atom stereocenters. The van der Waals surface area contributed by atoms with E-state index in [0.29, 0.717) is 5.92 Å². The highest BCUT2D eigenvalue weighted by atomic mass is 35.5. The first-order valence-corrected chi connectivity index (χ1v) is 7.43. The highest BCUT2D eigenvalue weighted by Gasteiger charge is 2.32. The SMILES string of the molecule is CCC(C)C1C(Cl)=CON1CCCc1ccccc1. The van der Waals surface area contributed by atoms with Gasteiger partial charge in [0.05, 0.1) is 11.1 Å². The molecule has 1 aromatic rings. The molecule has 0 amide bonds. The van der Waals surface area contributed by atoms with E-state index < -0.39 is 0 Å². The Hall–Kier alpha value is -0.990. The van der Waals surface area contributed by atoms with Crippen molar-refractivity contribution < 1.29 is 4.84 Å². The molecule has 1 aliphatic rings. The summed E-state index contributed by atoms with van der Waals surface area (Å²) in [6, 6.07) is 10.8. The quantitative estimate of drug-likeness (QED) is 0.767. The van der Waals surface area contributed by atoms with E-state index in [-0.39, 0.29) is 6.04 Å². The summed E-state index contributed by atoms with van der Waals surface area (Å²) in [5, 5.41) is 2.86. The maximum absolute atomic E-state index is 6.24. The van der Waals surface area contributed by atoms with Crippen LogP contribution in [0.25, 0.3) is 0 Å². The molecule has 0 aliphatic carbocycles. The molecule has 0 N–H and O–H groups in total. The van der Waals surface area contributed by atoms with Crippen LogP contribution in [0.4, 0.5) is 0 Å². The molecule has 19 heavy (non-hydrogen) atoms. The molecule has 0 aromatic heterocycles. The topological polar surface area (TPSA) is 12.5 Å². The Morgan fingerprint density at radius 3 is 2.74 bits per heavy atom. The Morgan fingerprint density at radius 2 is 2.05 bits per heavy atom. The van der Waals surface area contributed by atoms with Crippen LogP contribution in [0.15, 0.2) is 41.6 Å². The van der Waals surface area contributed by atoms with Crippen LogP contribution in [0.3, 0.4) is 0 Å². The van der Waals surface area contributed by atoms with Gasteiger partial charge in [0.1, 0.15) is 6.26 Å². The van der Waals surface area contributed by atoms with Crippen molar-refractivity contribution in [2.75, 3.05) is 6.54 Å². The molecule has 1 aromatic carbocycles. The molecular formula is C16H22ClNO. The summed E-state index contributed by atoms with van der Waals surface area (Å²) in [5.41, 5.74) is 1.38. The number of benzene rings is 1. The average Bonchev–Trinajstić information content (AvgIpc) is 2.80. The van der Waals surface area contributed by atoms with Crippen molar-refractivity contribution in [3.05, 3.63) is 47.2 Å². The van der Waals surface area contributed by atoms with Crippen LogP contribution in [0, 0.1) is 5.92 Å². The lowest BCUT2D eigenvalue weighted by Gasteiger charge is -2.27. The summed E-state index contributed by atoms with van der Waals surface area (Å²) in [7, 11) is 0. The zero-order chi connectivity index (χ0) is 13.7. The van der Waals surface area contributed by atoms with Crippen molar-refractivity contribution in [3.63, 3.8) is 0 Å². The fourth-order valence-electron chi connectivity index (χ4n) is 2.45. The maximum atomic E-state index is 6.24. The highest BCUT2D eigenvalue weighted by molar-refractivity contribution is 6.30. The third kappa shape index (κ3) is 3.74. The number of hydrogen-bond donors (Lipinski definition) is 0. The van der Waals surface area contributed by atoms with Gasteiger partial charge in [0.2, 0.25) is 0 Å². The fourth-order valence-corrected chi connectivity index (χ4v) is 2.81. The van der Waals surface area contributed by atoms with Gasteiger partial charge in [0.25, 0.3) is 0 Å². The molecule has 0 bridgehead atoms. The lowest BCUT2D eigenvalue weighted by Crippen LogP contribution is -2.36. The average molecular weight is 280 g/mol. The zero-order valence-electron chi connectivity index (χ0n) is 11.7. The van der Waals surface area contributed by atoms with Gasteiger partial charge >= 0.3 is 0 Å². The van der Waals surface area contributed by atoms with Crippen molar-refractivity contribution in [2.45, 2.75) is 39.2 Å². The predicted octanol–water partition coefficient (Wildman–Crippen LogP) is 4.36. The van der Waals surface area contributed by atoms with Crippen LogP contribution < -0.4 is 0 Å². The minimum absolute atomic E-state index is 0.224. The predicted molar refractivity (Wildman–Crippen MR) is 79.7 cm³/mol. The van der Waals surface area contributed by atoms with Crippen LogP contribution in [-0.4, -0.2) is 17.6 Å². The van der Waals surface area contributed by atoms with Crippen LogP contribution >= 0.6 is 11.6 Å². The van der Waals surface area contributed by atoms with E-state index in [1.54, 1.807) is 6.26 Å². The second-order valence-corrected chi connectivity index (χ2v) is 5.60. The number of rotatable bonds is 6. The van der Waals surface area contributed by atoms with Gasteiger partial charge in [0, 0.05) is 6.54 Å². The number of aryl methyl sites for hydroxylation is 1. The van der Waals surface area contributed by atoms with Gasteiger partial charge in [-0.15, -0.1) is 5.06 Å². The third-order valence-corrected chi connectivity index (χ3v) is 4.08. The lowest BCUT2D eigenvalue weighted by molar-refractivity contribution is -0.115. The van der Waals surface area contributed by atoms with Crippen molar-refractivity contribution in [2.24, 2.45) is 5.92 Å². The summed E-state index contributed by atoms with van der Waals surface area (Å²) < 4.78 is 0. The molecule has 104 valence electrons. The first-order chi connectivity index (χ1) is 9.22. The highest BCUT2D eigenvalue weighted by Crippen LogP contribution is 2.30. The van der Waals surface area contributed by atoms with E-state index in [1.807, 2.05) is 5.06 Å². The van der Waals surface area contributed by atoms with Gasteiger partial charge in [0.15, 0.2) is 0 Å². The van der Waals surface area contributed by atoms with Crippen LogP contribution in [0.5, 0.6) is 0 Å². The Morgan fingerprint density at radius 1 is 1.32 bits per heavy atom. The van der Waals surface area contributed by atoms with Gasteiger partial charge < -0.3 is 4.84 Å². The van der Waals surface area contributed by atoms with Crippen molar-refractivity contribution in [1.29, 1.82) is 0 Å². The minimum atomic E-state index is 0.224. The Balaban J connectivity index is 1.83. The van der Waals surface area contributed by atoms with E-state index in [0.717, 1.165) is 30.8 Å². The molecule has 3 heteroatoms. The standard InChI is InChI=1S/C16H22ClNO/c1-3-13(2)16-15(17)12-19-18(16)11-7-10-14-8-5-4-6-9-14/h4-6,8-9,12-13,16H,3,7,10-11H2,1-2H3. The second-order valence-electron chi connectivity index (χ2n) is 5.17. The molecule has 0 fully saturated rings. The van der Waals surface area contributed by atoms with Crippen molar-refractivity contribution in [1.82, 2.24) is 5.06 Å². The number of nitrogens with zero attached hydrogens (tertiary/aromatic N) is 1. The van der Waals surface area contributed by atoms with Crippen LogP contribution in [-0.2, 0) is 11.3 Å². The summed E-state index contributed by atoms with van der Waals surface area (Å²) >= 11 is 6.24. The molecule has 0 saturated carbocycles.